The van der Waals surface area contributed by atoms with Gasteiger partial charge >= 0.3 is 0 Å². The highest BCUT2D eigenvalue weighted by molar-refractivity contribution is 5.91. The van der Waals surface area contributed by atoms with E-state index in [1.807, 2.05) is 0 Å². The number of nitrogens with zero attached hydrogens (tertiary/aromatic N) is 2. The van der Waals surface area contributed by atoms with E-state index in [4.69, 9.17) is 6.42 Å². The number of Topliss-reactive ketones (excluding diaryl/α,β-unsaturated/α-hetero) is 1. The molecule has 0 aliphatic carbocycles. The third kappa shape index (κ3) is 2.03. The molecular formula is C9H8N2O2. The highest BCUT2D eigenvalue weighted by Gasteiger charge is 2.02. The Kier molecular flexibility index (Phi) is 2.60. The van der Waals surface area contributed by atoms with E-state index in [1.165, 1.54) is 19.1 Å². The molecule has 0 atom stereocenters. The first-order valence-electron chi connectivity index (χ1n) is 3.67. The third-order valence-electron chi connectivity index (χ3n) is 1.47. The molecule has 0 fully saturated rings. The summed E-state index contributed by atoms with van der Waals surface area (Å²) in [5.41, 5.74) is -0.0576. The zero-order valence-electron chi connectivity index (χ0n) is 7.15. The van der Waals surface area contributed by atoms with Crippen molar-refractivity contribution in [1.82, 2.24) is 9.78 Å². The zero-order chi connectivity index (χ0) is 9.84. The number of ketones is 1. The van der Waals surface area contributed by atoms with Gasteiger partial charge in [-0.3, -0.25) is 9.59 Å². The molecule has 0 aromatic carbocycles. The minimum Gasteiger partial charge on any atom is -0.293 e. The molecule has 66 valence electrons. The molecule has 0 amide bonds. The van der Waals surface area contributed by atoms with Crippen LogP contribution in [0.4, 0.5) is 0 Å². The molecule has 1 aromatic heterocycles. The lowest BCUT2D eigenvalue weighted by Gasteiger charge is -1.99. The first kappa shape index (κ1) is 9.20. The van der Waals surface area contributed by atoms with Crippen molar-refractivity contribution < 1.29 is 4.79 Å². The van der Waals surface area contributed by atoms with Crippen LogP contribution in [0.25, 0.3) is 0 Å². The highest BCUT2D eigenvalue weighted by Crippen LogP contribution is 1.90. The summed E-state index contributed by atoms with van der Waals surface area (Å²) in [6.07, 6.45) is 5.02. The van der Waals surface area contributed by atoms with Crippen LogP contribution in [-0.4, -0.2) is 15.6 Å². The van der Waals surface area contributed by atoms with Crippen LogP contribution in [-0.2, 0) is 6.54 Å². The molecule has 0 unspecified atom stereocenters. The predicted molar refractivity (Wildman–Crippen MR) is 47.3 cm³/mol. The van der Waals surface area contributed by atoms with Crippen LogP contribution in [0.5, 0.6) is 0 Å². The molecule has 1 aromatic rings. The summed E-state index contributed by atoms with van der Waals surface area (Å²) < 4.78 is 1.08. The molecule has 0 spiro atoms. The Bertz CT molecular complexity index is 426. The van der Waals surface area contributed by atoms with E-state index in [-0.39, 0.29) is 23.6 Å². The maximum Gasteiger partial charge on any atom is 0.267 e. The minimum atomic E-state index is -0.303. The summed E-state index contributed by atoms with van der Waals surface area (Å²) in [5.74, 6) is 2.09. The van der Waals surface area contributed by atoms with E-state index in [0.29, 0.717) is 0 Å². The predicted octanol–water partition coefficient (Wildman–Crippen LogP) is 0.0791. The molecular weight excluding hydrogens is 168 g/mol. The second-order valence-corrected chi connectivity index (χ2v) is 2.47. The number of rotatable bonds is 2. The molecule has 13 heavy (non-hydrogen) atoms. The number of aromatic nitrogens is 2. The molecule has 1 heterocycles. The topological polar surface area (TPSA) is 52.0 Å². The number of carbonyl (C=O) groups is 1. The third-order valence-corrected chi connectivity index (χ3v) is 1.47. The van der Waals surface area contributed by atoms with Crippen LogP contribution in [0.1, 0.15) is 17.4 Å². The van der Waals surface area contributed by atoms with Gasteiger partial charge in [-0.1, -0.05) is 5.92 Å². The van der Waals surface area contributed by atoms with Gasteiger partial charge in [-0.25, -0.2) is 4.68 Å². The smallest absolute Gasteiger partial charge is 0.267 e. The first-order valence-corrected chi connectivity index (χ1v) is 3.67. The molecule has 4 nitrogen and oxygen atoms in total. The van der Waals surface area contributed by atoms with Gasteiger partial charge in [0.1, 0.15) is 12.2 Å². The van der Waals surface area contributed by atoms with Gasteiger partial charge in [0.25, 0.3) is 5.56 Å². The van der Waals surface area contributed by atoms with Crippen LogP contribution >= 0.6 is 0 Å². The van der Waals surface area contributed by atoms with Gasteiger partial charge in [0, 0.05) is 13.0 Å². The largest absolute Gasteiger partial charge is 0.293 e. The van der Waals surface area contributed by atoms with Crippen molar-refractivity contribution in [2.75, 3.05) is 0 Å². The fraction of sp³-hybridized carbons (Fsp3) is 0.222. The van der Waals surface area contributed by atoms with Crippen LogP contribution in [0.3, 0.4) is 0 Å². The average Bonchev–Trinajstić information content (AvgIpc) is 2.08. The van der Waals surface area contributed by atoms with E-state index in [0.717, 1.165) is 4.68 Å². The van der Waals surface area contributed by atoms with E-state index in [2.05, 4.69) is 11.0 Å². The summed E-state index contributed by atoms with van der Waals surface area (Å²) in [5, 5.41) is 3.77. The fourth-order valence-electron chi connectivity index (χ4n) is 0.836. The van der Waals surface area contributed by atoms with Crippen LogP contribution in [0.15, 0.2) is 16.9 Å². The van der Waals surface area contributed by atoms with Crippen LogP contribution in [0.2, 0.25) is 0 Å². The summed E-state index contributed by atoms with van der Waals surface area (Å²) in [6, 6.07) is 2.67. The molecule has 4 heteroatoms. The molecule has 0 saturated carbocycles. The lowest BCUT2D eigenvalue weighted by Crippen LogP contribution is -2.23. The van der Waals surface area contributed by atoms with E-state index >= 15 is 0 Å². The Morgan fingerprint density at radius 1 is 1.69 bits per heavy atom. The lowest BCUT2D eigenvalue weighted by atomic mass is 10.3. The van der Waals surface area contributed by atoms with E-state index in [9.17, 15) is 9.59 Å². The molecule has 0 saturated heterocycles. The summed E-state index contributed by atoms with van der Waals surface area (Å²) in [7, 11) is 0. The standard InChI is InChI=1S/C9H8N2O2/c1-3-6-11-9(13)5-4-8(10-11)7(2)12/h1,4-5H,6H2,2H3. The van der Waals surface area contributed by atoms with Gasteiger partial charge in [-0.2, -0.15) is 5.10 Å². The van der Waals surface area contributed by atoms with Crippen LogP contribution < -0.4 is 5.56 Å². The lowest BCUT2D eigenvalue weighted by molar-refractivity contribution is 0.101. The molecule has 0 N–H and O–H groups in total. The number of hydrogen-bond donors (Lipinski definition) is 0. The number of carbonyl (C=O) groups excluding carboxylic acids is 1. The Morgan fingerprint density at radius 2 is 2.38 bits per heavy atom. The fourth-order valence-corrected chi connectivity index (χ4v) is 0.836. The van der Waals surface area contributed by atoms with E-state index < -0.39 is 0 Å². The molecule has 0 bridgehead atoms. The first-order chi connectivity index (χ1) is 6.15. The van der Waals surface area contributed by atoms with E-state index in [1.54, 1.807) is 0 Å². The maximum absolute atomic E-state index is 11.1. The summed E-state index contributed by atoms with van der Waals surface area (Å²) in [6.45, 7) is 1.47. The van der Waals surface area contributed by atoms with Crippen molar-refractivity contribution in [3.8, 4) is 12.3 Å². The second-order valence-electron chi connectivity index (χ2n) is 2.47. The van der Waals surface area contributed by atoms with Gasteiger partial charge in [-0.05, 0) is 6.07 Å². The normalized spacial score (nSPS) is 9.23. The Labute approximate surface area is 75.2 Å². The molecule has 1 rings (SSSR count). The van der Waals surface area contributed by atoms with Crippen molar-refractivity contribution in [1.29, 1.82) is 0 Å². The maximum atomic E-state index is 11.1. The van der Waals surface area contributed by atoms with Crippen molar-refractivity contribution >= 4 is 5.78 Å². The Morgan fingerprint density at radius 3 is 2.92 bits per heavy atom. The SMILES string of the molecule is C#CCn1nc(C(C)=O)ccc1=O. The van der Waals surface area contributed by atoms with Gasteiger partial charge in [0.2, 0.25) is 0 Å². The van der Waals surface area contributed by atoms with Crippen molar-refractivity contribution in [3.05, 3.63) is 28.2 Å². The monoisotopic (exact) mass is 176 g/mol. The number of terminal acetylenes is 1. The van der Waals surface area contributed by atoms with Gasteiger partial charge in [-0.15, -0.1) is 6.42 Å². The average molecular weight is 176 g/mol. The summed E-state index contributed by atoms with van der Waals surface area (Å²) >= 11 is 0. The van der Waals surface area contributed by atoms with Crippen molar-refractivity contribution in [3.63, 3.8) is 0 Å². The highest BCUT2D eigenvalue weighted by atomic mass is 16.1. The molecule has 0 aliphatic heterocycles. The molecule has 0 radical (unpaired) electrons. The summed E-state index contributed by atoms with van der Waals surface area (Å²) in [4.78, 5) is 22.0. The Hall–Kier alpha value is -1.89. The minimum absolute atomic E-state index is 0.0833. The quantitative estimate of drug-likeness (QED) is 0.473. The number of hydrogen-bond acceptors (Lipinski definition) is 3. The van der Waals surface area contributed by atoms with Crippen LogP contribution in [0, 0.1) is 12.3 Å². The van der Waals surface area contributed by atoms with Gasteiger partial charge in [0.05, 0.1) is 0 Å². The second kappa shape index (κ2) is 3.68. The van der Waals surface area contributed by atoms with Gasteiger partial charge in [0.15, 0.2) is 5.78 Å². The van der Waals surface area contributed by atoms with Crippen molar-refractivity contribution in [2.45, 2.75) is 13.5 Å². The Balaban J connectivity index is 3.20. The van der Waals surface area contributed by atoms with Crippen molar-refractivity contribution in [2.24, 2.45) is 0 Å². The van der Waals surface area contributed by atoms with Gasteiger partial charge < -0.3 is 0 Å². The zero-order valence-corrected chi connectivity index (χ0v) is 7.15. The molecule has 0 aliphatic rings.